The Bertz CT molecular complexity index is 327. The lowest BCUT2D eigenvalue weighted by molar-refractivity contribution is -0.0223. The molecule has 14 heavy (non-hydrogen) atoms. The Morgan fingerprint density at radius 2 is 2.14 bits per heavy atom. The molecule has 0 N–H and O–H groups in total. The molecule has 2 atom stereocenters. The molecule has 0 amide bonds. The van der Waals surface area contributed by atoms with Crippen molar-refractivity contribution >= 4 is 9.84 Å². The summed E-state index contributed by atoms with van der Waals surface area (Å²) in [5, 5.41) is 1.27. The molecule has 1 aliphatic heterocycles. The first-order valence-electron chi connectivity index (χ1n) is 5.13. The molecule has 1 saturated carbocycles. The van der Waals surface area contributed by atoms with Gasteiger partial charge in [0.05, 0.1) is 18.0 Å². The lowest BCUT2D eigenvalue weighted by Crippen LogP contribution is -2.31. The molecule has 0 spiro atoms. The monoisotopic (exact) mass is 216 g/mol. The molecule has 80 valence electrons. The maximum absolute atomic E-state index is 11.1. The van der Waals surface area contributed by atoms with Gasteiger partial charge in [0.1, 0.15) is 0 Å². The largest absolute Gasteiger partial charge is 0.370 e. The molecule has 0 aromatic heterocycles. The zero-order valence-electron chi connectivity index (χ0n) is 8.35. The molecular weight excluding hydrogens is 200 g/mol. The minimum absolute atomic E-state index is 0.129. The van der Waals surface area contributed by atoms with Crippen LogP contribution < -0.4 is 0 Å². The van der Waals surface area contributed by atoms with E-state index < -0.39 is 9.84 Å². The fourth-order valence-electron chi connectivity index (χ4n) is 1.93. The number of hydrogen-bond donors (Lipinski definition) is 0. The molecule has 2 rings (SSSR count). The highest BCUT2D eigenvalue weighted by atomic mass is 32.2. The first-order valence-corrected chi connectivity index (χ1v) is 6.85. The summed E-state index contributed by atoms with van der Waals surface area (Å²) < 4.78 is 27.9. The van der Waals surface area contributed by atoms with E-state index in [4.69, 9.17) is 4.74 Å². The van der Waals surface area contributed by atoms with Crippen LogP contribution in [0.5, 0.6) is 0 Å². The fourth-order valence-corrected chi connectivity index (χ4v) is 3.10. The summed E-state index contributed by atoms with van der Waals surface area (Å²) in [6.45, 7) is 2.04. The Morgan fingerprint density at radius 1 is 1.43 bits per heavy atom. The van der Waals surface area contributed by atoms with Crippen LogP contribution in [0, 0.1) is 5.92 Å². The van der Waals surface area contributed by atoms with E-state index >= 15 is 0 Å². The number of rotatable bonds is 3. The van der Waals surface area contributed by atoms with Crippen molar-refractivity contribution in [3.8, 4) is 0 Å². The Kier molecular flexibility index (Phi) is 2.66. The van der Waals surface area contributed by atoms with E-state index in [1.54, 1.807) is 6.08 Å². The Balaban J connectivity index is 1.84. The van der Waals surface area contributed by atoms with Gasteiger partial charge in [-0.05, 0) is 31.8 Å². The van der Waals surface area contributed by atoms with Crippen molar-refractivity contribution in [2.24, 2.45) is 5.92 Å². The SMILES string of the molecule is CC(OC1C=CS(=O)(=O)C1)C1CCC1. The van der Waals surface area contributed by atoms with Gasteiger partial charge in [0.15, 0.2) is 9.84 Å². The lowest BCUT2D eigenvalue weighted by atomic mass is 9.82. The van der Waals surface area contributed by atoms with Crippen molar-refractivity contribution < 1.29 is 13.2 Å². The van der Waals surface area contributed by atoms with E-state index in [-0.39, 0.29) is 18.0 Å². The van der Waals surface area contributed by atoms with Gasteiger partial charge < -0.3 is 4.74 Å². The third kappa shape index (κ3) is 2.17. The molecule has 0 aromatic rings. The maximum Gasteiger partial charge on any atom is 0.174 e. The quantitative estimate of drug-likeness (QED) is 0.718. The Morgan fingerprint density at radius 3 is 2.57 bits per heavy atom. The molecule has 0 aromatic carbocycles. The highest BCUT2D eigenvalue weighted by molar-refractivity contribution is 7.94. The van der Waals surface area contributed by atoms with E-state index in [1.807, 2.05) is 6.92 Å². The highest BCUT2D eigenvalue weighted by Crippen LogP contribution is 2.32. The number of sulfone groups is 1. The van der Waals surface area contributed by atoms with Crippen LogP contribution in [-0.2, 0) is 14.6 Å². The van der Waals surface area contributed by atoms with Gasteiger partial charge in [-0.2, -0.15) is 0 Å². The second-order valence-corrected chi connectivity index (χ2v) is 6.16. The standard InChI is InChI=1S/C10H16O3S/c1-8(9-3-2-4-9)13-10-5-6-14(11,12)7-10/h5-6,8-10H,2-4,7H2,1H3. The molecule has 1 aliphatic carbocycles. The summed E-state index contributed by atoms with van der Waals surface area (Å²) in [7, 11) is -2.96. The van der Waals surface area contributed by atoms with Crippen LogP contribution in [-0.4, -0.2) is 26.4 Å². The second-order valence-electron chi connectivity index (χ2n) is 4.23. The molecule has 0 saturated heterocycles. The molecule has 3 nitrogen and oxygen atoms in total. The second kappa shape index (κ2) is 3.66. The summed E-state index contributed by atoms with van der Waals surface area (Å²) in [6.07, 6.45) is 5.39. The Labute approximate surface area is 85.1 Å². The van der Waals surface area contributed by atoms with Gasteiger partial charge in [-0.3, -0.25) is 0 Å². The van der Waals surface area contributed by atoms with E-state index in [1.165, 1.54) is 24.7 Å². The van der Waals surface area contributed by atoms with Gasteiger partial charge in [-0.15, -0.1) is 0 Å². The van der Waals surface area contributed by atoms with Gasteiger partial charge in [0.25, 0.3) is 0 Å². The number of hydrogen-bond acceptors (Lipinski definition) is 3. The van der Waals surface area contributed by atoms with Gasteiger partial charge in [0.2, 0.25) is 0 Å². The predicted molar refractivity (Wildman–Crippen MR) is 54.6 cm³/mol. The summed E-state index contributed by atoms with van der Waals surface area (Å²) in [5.41, 5.74) is 0. The van der Waals surface area contributed by atoms with Crippen LogP contribution >= 0.6 is 0 Å². The van der Waals surface area contributed by atoms with Crippen molar-refractivity contribution in [2.75, 3.05) is 5.75 Å². The third-order valence-electron chi connectivity index (χ3n) is 3.10. The van der Waals surface area contributed by atoms with E-state index in [0.717, 1.165) is 0 Å². The van der Waals surface area contributed by atoms with Crippen LogP contribution in [0.2, 0.25) is 0 Å². The van der Waals surface area contributed by atoms with Gasteiger partial charge >= 0.3 is 0 Å². The smallest absolute Gasteiger partial charge is 0.174 e. The zero-order chi connectivity index (χ0) is 10.2. The molecule has 1 heterocycles. The van der Waals surface area contributed by atoms with Crippen LogP contribution in [0.3, 0.4) is 0 Å². The first kappa shape index (κ1) is 10.2. The van der Waals surface area contributed by atoms with Crippen molar-refractivity contribution in [3.63, 3.8) is 0 Å². The van der Waals surface area contributed by atoms with Crippen LogP contribution in [0.1, 0.15) is 26.2 Å². The van der Waals surface area contributed by atoms with Crippen molar-refractivity contribution in [3.05, 3.63) is 11.5 Å². The minimum Gasteiger partial charge on any atom is -0.370 e. The summed E-state index contributed by atoms with van der Waals surface area (Å²) >= 11 is 0. The fraction of sp³-hybridized carbons (Fsp3) is 0.800. The average molecular weight is 216 g/mol. The van der Waals surface area contributed by atoms with Crippen molar-refractivity contribution in [1.82, 2.24) is 0 Å². The summed E-state index contributed by atoms with van der Waals surface area (Å²) in [4.78, 5) is 0. The zero-order valence-corrected chi connectivity index (χ0v) is 9.16. The summed E-state index contributed by atoms with van der Waals surface area (Å²) in [6, 6.07) is 0. The van der Waals surface area contributed by atoms with Gasteiger partial charge in [-0.1, -0.05) is 6.42 Å². The first-order chi connectivity index (χ1) is 6.57. The normalized spacial score (nSPS) is 32.8. The molecule has 2 aliphatic rings. The van der Waals surface area contributed by atoms with Crippen molar-refractivity contribution in [1.29, 1.82) is 0 Å². The van der Waals surface area contributed by atoms with Crippen molar-refractivity contribution in [2.45, 2.75) is 38.4 Å². The molecule has 1 fully saturated rings. The highest BCUT2D eigenvalue weighted by Gasteiger charge is 2.29. The molecular formula is C10H16O3S. The topological polar surface area (TPSA) is 43.4 Å². The van der Waals surface area contributed by atoms with E-state index in [9.17, 15) is 8.42 Å². The van der Waals surface area contributed by atoms with Crippen LogP contribution in [0.4, 0.5) is 0 Å². The molecule has 0 bridgehead atoms. The predicted octanol–water partition coefficient (Wildman–Crippen LogP) is 1.50. The van der Waals surface area contributed by atoms with E-state index in [0.29, 0.717) is 5.92 Å². The van der Waals surface area contributed by atoms with E-state index in [2.05, 4.69) is 0 Å². The molecule has 4 heteroatoms. The van der Waals surface area contributed by atoms with Gasteiger partial charge in [0, 0.05) is 5.41 Å². The molecule has 0 radical (unpaired) electrons. The lowest BCUT2D eigenvalue weighted by Gasteiger charge is -2.32. The van der Waals surface area contributed by atoms with Gasteiger partial charge in [-0.25, -0.2) is 8.42 Å². The third-order valence-corrected chi connectivity index (χ3v) is 4.47. The Hall–Kier alpha value is -0.350. The van der Waals surface area contributed by atoms with Crippen LogP contribution in [0.25, 0.3) is 0 Å². The number of ether oxygens (including phenoxy) is 1. The maximum atomic E-state index is 11.1. The average Bonchev–Trinajstić information content (AvgIpc) is 2.25. The summed E-state index contributed by atoms with van der Waals surface area (Å²) in [5.74, 6) is 0.774. The minimum atomic E-state index is -2.96. The molecule has 2 unspecified atom stereocenters. The van der Waals surface area contributed by atoms with Crippen LogP contribution in [0.15, 0.2) is 11.5 Å².